The quantitative estimate of drug-likeness (QED) is 0.654. The van der Waals surface area contributed by atoms with E-state index in [4.69, 9.17) is 4.74 Å². The molecule has 0 unspecified atom stereocenters. The monoisotopic (exact) mass is 357 g/mol. The number of amides is 1. The average Bonchev–Trinajstić information content (AvgIpc) is 3.20. The Bertz CT molecular complexity index is 867. The van der Waals surface area contributed by atoms with Crippen molar-refractivity contribution in [1.82, 2.24) is 14.9 Å². The predicted molar refractivity (Wildman–Crippen MR) is 102 cm³/mol. The number of hydrogen-bond donors (Lipinski definition) is 1. The number of fused-ring (bicyclic) bond motifs is 1. The van der Waals surface area contributed by atoms with Crippen LogP contribution < -0.4 is 5.32 Å². The lowest BCUT2D eigenvalue weighted by Crippen LogP contribution is -2.25. The van der Waals surface area contributed by atoms with E-state index in [0.29, 0.717) is 18.8 Å². The normalized spacial score (nSPS) is 11.4. The molecule has 0 radical (unpaired) electrons. The van der Waals surface area contributed by atoms with Gasteiger partial charge in [-0.1, -0.05) is 18.2 Å². The Morgan fingerprint density at radius 1 is 1.36 bits per heavy atom. The zero-order valence-corrected chi connectivity index (χ0v) is 15.6. The summed E-state index contributed by atoms with van der Waals surface area (Å²) in [6.45, 7) is 5.24. The number of ether oxygens (including phenoxy) is 1. The molecule has 2 heterocycles. The standard InChI is InChI=1S/C19H23N3O2S/c1-13(2)24-10-6-9-20-18(23)15-12-25-19(21-15)17-11-14-7-4-5-8-16(14)22(17)3/h4-5,7-8,11-13H,6,9-10H2,1-3H3,(H,20,23). The highest BCUT2D eigenvalue weighted by Gasteiger charge is 2.14. The first-order chi connectivity index (χ1) is 12.1. The number of aryl methyl sites for hydroxylation is 1. The lowest BCUT2D eigenvalue weighted by molar-refractivity contribution is 0.0756. The van der Waals surface area contributed by atoms with E-state index in [1.54, 1.807) is 0 Å². The highest BCUT2D eigenvalue weighted by molar-refractivity contribution is 7.13. The fourth-order valence-corrected chi connectivity index (χ4v) is 3.52. The molecule has 5 nitrogen and oxygen atoms in total. The van der Waals surface area contributed by atoms with E-state index in [2.05, 4.69) is 33.1 Å². The van der Waals surface area contributed by atoms with Crippen LogP contribution in [0.4, 0.5) is 0 Å². The van der Waals surface area contributed by atoms with E-state index < -0.39 is 0 Å². The predicted octanol–water partition coefficient (Wildman–Crippen LogP) is 3.85. The summed E-state index contributed by atoms with van der Waals surface area (Å²) in [7, 11) is 2.02. The maximum absolute atomic E-state index is 12.2. The number of hydrogen-bond acceptors (Lipinski definition) is 4. The summed E-state index contributed by atoms with van der Waals surface area (Å²) >= 11 is 1.49. The van der Waals surface area contributed by atoms with Gasteiger partial charge in [-0.15, -0.1) is 11.3 Å². The van der Waals surface area contributed by atoms with Crippen molar-refractivity contribution in [1.29, 1.82) is 0 Å². The van der Waals surface area contributed by atoms with Gasteiger partial charge >= 0.3 is 0 Å². The molecule has 25 heavy (non-hydrogen) atoms. The van der Waals surface area contributed by atoms with Gasteiger partial charge in [-0.05, 0) is 32.4 Å². The summed E-state index contributed by atoms with van der Waals surface area (Å²) in [4.78, 5) is 16.7. The topological polar surface area (TPSA) is 56.1 Å². The number of aromatic nitrogens is 2. The Morgan fingerprint density at radius 2 is 2.16 bits per heavy atom. The molecule has 0 saturated heterocycles. The van der Waals surface area contributed by atoms with Crippen LogP contribution in [0.3, 0.4) is 0 Å². The van der Waals surface area contributed by atoms with E-state index in [0.717, 1.165) is 22.6 Å². The summed E-state index contributed by atoms with van der Waals surface area (Å²) in [6.07, 6.45) is 1.02. The van der Waals surface area contributed by atoms with Gasteiger partial charge in [0.05, 0.1) is 11.8 Å². The van der Waals surface area contributed by atoms with E-state index in [1.165, 1.54) is 16.7 Å². The molecule has 6 heteroatoms. The Hall–Kier alpha value is -2.18. The summed E-state index contributed by atoms with van der Waals surface area (Å²) in [5.74, 6) is -0.134. The molecule has 0 aliphatic carbocycles. The van der Waals surface area contributed by atoms with Gasteiger partial charge in [0.25, 0.3) is 5.91 Å². The lowest BCUT2D eigenvalue weighted by Gasteiger charge is -2.07. The van der Waals surface area contributed by atoms with Crippen molar-refractivity contribution in [2.45, 2.75) is 26.4 Å². The summed E-state index contributed by atoms with van der Waals surface area (Å²) in [5, 5.41) is 6.74. The van der Waals surface area contributed by atoms with E-state index in [9.17, 15) is 4.79 Å². The maximum atomic E-state index is 12.2. The SMILES string of the molecule is CC(C)OCCCNC(=O)c1csc(-c2cc3ccccc3n2C)n1. The van der Waals surface area contributed by atoms with Crippen molar-refractivity contribution < 1.29 is 9.53 Å². The minimum absolute atomic E-state index is 0.134. The number of para-hydroxylation sites is 1. The fraction of sp³-hybridized carbons (Fsp3) is 0.368. The molecule has 2 aromatic heterocycles. The molecule has 0 saturated carbocycles. The minimum atomic E-state index is -0.134. The molecular formula is C19H23N3O2S. The number of rotatable bonds is 7. The fourth-order valence-electron chi connectivity index (χ4n) is 2.67. The van der Waals surface area contributed by atoms with E-state index in [1.807, 2.05) is 38.4 Å². The van der Waals surface area contributed by atoms with Crippen molar-refractivity contribution in [3.05, 3.63) is 41.4 Å². The summed E-state index contributed by atoms with van der Waals surface area (Å²) in [6, 6.07) is 10.3. The third-order valence-electron chi connectivity index (χ3n) is 3.97. The van der Waals surface area contributed by atoms with Crippen LogP contribution in [0.2, 0.25) is 0 Å². The molecule has 1 amide bonds. The zero-order chi connectivity index (χ0) is 17.8. The second-order valence-corrected chi connectivity index (χ2v) is 7.07. The largest absolute Gasteiger partial charge is 0.379 e. The number of nitrogens with one attached hydrogen (secondary N) is 1. The van der Waals surface area contributed by atoms with Crippen molar-refractivity contribution in [3.8, 4) is 10.7 Å². The summed E-state index contributed by atoms with van der Waals surface area (Å²) in [5.41, 5.74) is 2.65. The van der Waals surface area contributed by atoms with Crippen LogP contribution in [0, 0.1) is 0 Å². The molecule has 1 aromatic carbocycles. The van der Waals surface area contributed by atoms with Crippen LogP contribution in [0.1, 0.15) is 30.8 Å². The van der Waals surface area contributed by atoms with Gasteiger partial charge in [-0.3, -0.25) is 4.79 Å². The van der Waals surface area contributed by atoms with Gasteiger partial charge in [0.15, 0.2) is 0 Å². The average molecular weight is 357 g/mol. The van der Waals surface area contributed by atoms with Gasteiger partial charge in [0, 0.05) is 36.5 Å². The van der Waals surface area contributed by atoms with Gasteiger partial charge in [-0.25, -0.2) is 4.98 Å². The lowest BCUT2D eigenvalue weighted by atomic mass is 10.2. The molecular weight excluding hydrogens is 334 g/mol. The minimum Gasteiger partial charge on any atom is -0.379 e. The number of carbonyl (C=O) groups excluding carboxylic acids is 1. The number of nitrogens with zero attached hydrogens (tertiary/aromatic N) is 2. The first-order valence-electron chi connectivity index (χ1n) is 8.46. The van der Waals surface area contributed by atoms with Crippen LogP contribution >= 0.6 is 11.3 Å². The first-order valence-corrected chi connectivity index (χ1v) is 9.34. The second-order valence-electron chi connectivity index (χ2n) is 6.21. The molecule has 3 rings (SSSR count). The smallest absolute Gasteiger partial charge is 0.270 e. The highest BCUT2D eigenvalue weighted by Crippen LogP contribution is 2.29. The van der Waals surface area contributed by atoms with Crippen molar-refractivity contribution in [2.75, 3.05) is 13.2 Å². The molecule has 0 atom stereocenters. The van der Waals surface area contributed by atoms with Gasteiger partial charge in [0.1, 0.15) is 10.7 Å². The van der Waals surface area contributed by atoms with Crippen LogP contribution in [-0.2, 0) is 11.8 Å². The van der Waals surface area contributed by atoms with Crippen LogP contribution in [0.15, 0.2) is 35.7 Å². The Kier molecular flexibility index (Phi) is 5.50. The number of carbonyl (C=O) groups is 1. The van der Waals surface area contributed by atoms with Gasteiger partial charge < -0.3 is 14.6 Å². The van der Waals surface area contributed by atoms with Crippen molar-refractivity contribution in [2.24, 2.45) is 7.05 Å². The van der Waals surface area contributed by atoms with Gasteiger partial charge in [0.2, 0.25) is 0 Å². The molecule has 0 bridgehead atoms. The van der Waals surface area contributed by atoms with Crippen LogP contribution in [-0.4, -0.2) is 34.7 Å². The Balaban J connectivity index is 1.65. The Labute approximate surface area is 151 Å². The van der Waals surface area contributed by atoms with Crippen LogP contribution in [0.5, 0.6) is 0 Å². The Morgan fingerprint density at radius 3 is 2.92 bits per heavy atom. The number of thiazole rings is 1. The van der Waals surface area contributed by atoms with E-state index >= 15 is 0 Å². The molecule has 0 aliphatic rings. The molecule has 0 spiro atoms. The molecule has 0 aliphatic heterocycles. The second kappa shape index (κ2) is 7.80. The van der Waals surface area contributed by atoms with Crippen LogP contribution in [0.25, 0.3) is 21.6 Å². The van der Waals surface area contributed by atoms with Gasteiger partial charge in [-0.2, -0.15) is 0 Å². The third-order valence-corrected chi connectivity index (χ3v) is 4.83. The molecule has 132 valence electrons. The number of benzene rings is 1. The van der Waals surface area contributed by atoms with Crippen molar-refractivity contribution in [3.63, 3.8) is 0 Å². The third kappa shape index (κ3) is 4.08. The molecule has 0 fully saturated rings. The maximum Gasteiger partial charge on any atom is 0.270 e. The first kappa shape index (κ1) is 17.6. The molecule has 3 aromatic rings. The highest BCUT2D eigenvalue weighted by atomic mass is 32.1. The molecule has 1 N–H and O–H groups in total. The zero-order valence-electron chi connectivity index (χ0n) is 14.8. The van der Waals surface area contributed by atoms with Crippen molar-refractivity contribution >= 4 is 28.1 Å². The summed E-state index contributed by atoms with van der Waals surface area (Å²) < 4.78 is 7.58. The van der Waals surface area contributed by atoms with E-state index in [-0.39, 0.29) is 12.0 Å².